The van der Waals surface area contributed by atoms with Gasteiger partial charge in [-0.05, 0) is 59.5 Å². The lowest BCUT2D eigenvalue weighted by atomic mass is 10.1. The van der Waals surface area contributed by atoms with Crippen molar-refractivity contribution in [3.63, 3.8) is 0 Å². The minimum atomic E-state index is -3.69. The van der Waals surface area contributed by atoms with Crippen LogP contribution in [0.2, 0.25) is 0 Å². The van der Waals surface area contributed by atoms with Crippen molar-refractivity contribution >= 4 is 43.9 Å². The van der Waals surface area contributed by atoms with Crippen molar-refractivity contribution in [2.45, 2.75) is 31.4 Å². The summed E-state index contributed by atoms with van der Waals surface area (Å²) in [6.07, 6.45) is -0.0161. The van der Waals surface area contributed by atoms with Crippen LogP contribution in [0, 0.1) is 5.82 Å². The smallest absolute Gasteiger partial charge is 0.266 e. The first kappa shape index (κ1) is 31.0. The van der Waals surface area contributed by atoms with E-state index in [9.17, 15) is 18.0 Å². The van der Waals surface area contributed by atoms with E-state index in [1.807, 2.05) is 0 Å². The quantitative estimate of drug-likeness (QED) is 0.227. The van der Waals surface area contributed by atoms with Crippen LogP contribution >= 0.6 is 0 Å². The first-order valence-corrected chi connectivity index (χ1v) is 14.8. The number of nitrogen functional groups attached to an aromatic ring is 1. The summed E-state index contributed by atoms with van der Waals surface area (Å²) in [5, 5.41) is 6.61. The number of fused-ring (bicyclic) bond motifs is 1. The zero-order valence-electron chi connectivity index (χ0n) is 23.9. The molecule has 13 heteroatoms. The Kier molecular flexibility index (Phi) is 9.34. The molecule has 0 saturated carbocycles. The van der Waals surface area contributed by atoms with Gasteiger partial charge in [-0.2, -0.15) is 0 Å². The fraction of sp³-hybridized carbons (Fsp3) is 0.233. The number of nitrogens with zero attached hydrogens (tertiary/aromatic N) is 1. The Labute approximate surface area is 248 Å². The molecule has 1 heterocycles. The average Bonchev–Trinajstić information content (AvgIpc) is 2.98. The molecule has 43 heavy (non-hydrogen) atoms. The molecule has 0 fully saturated rings. The zero-order valence-corrected chi connectivity index (χ0v) is 24.8. The molecule has 0 spiro atoms. The molecule has 4 rings (SSSR count). The first-order valence-electron chi connectivity index (χ1n) is 13.1. The van der Waals surface area contributed by atoms with Gasteiger partial charge in [0, 0.05) is 42.4 Å². The molecule has 3 aromatic carbocycles. The molecule has 1 unspecified atom stereocenters. The first-order chi connectivity index (χ1) is 20.5. The van der Waals surface area contributed by atoms with Gasteiger partial charge in [0.1, 0.15) is 17.4 Å². The second kappa shape index (κ2) is 12.9. The Hall–Kier alpha value is -4.91. The molecule has 4 N–H and O–H groups in total. The van der Waals surface area contributed by atoms with E-state index >= 15 is 4.39 Å². The van der Waals surface area contributed by atoms with Gasteiger partial charge in [0.15, 0.2) is 21.3 Å². The van der Waals surface area contributed by atoms with Gasteiger partial charge < -0.3 is 30.6 Å². The second-order valence-electron chi connectivity index (χ2n) is 9.43. The predicted molar refractivity (Wildman–Crippen MR) is 159 cm³/mol. The van der Waals surface area contributed by atoms with Crippen LogP contribution < -0.4 is 30.6 Å². The van der Waals surface area contributed by atoms with Gasteiger partial charge in [0.2, 0.25) is 12.0 Å². The molecule has 226 valence electrons. The molecule has 11 nitrogen and oxygen atoms in total. The number of carbonyl (C=O) groups excluding carboxylic acids is 2. The second-order valence-corrected chi connectivity index (χ2v) is 11.7. The van der Waals surface area contributed by atoms with Crippen LogP contribution in [0.1, 0.15) is 31.1 Å². The summed E-state index contributed by atoms with van der Waals surface area (Å²) in [5.41, 5.74) is 6.37. The summed E-state index contributed by atoms with van der Waals surface area (Å²) >= 11 is 0. The van der Waals surface area contributed by atoms with E-state index < -0.39 is 27.7 Å². The van der Waals surface area contributed by atoms with Crippen molar-refractivity contribution in [1.82, 2.24) is 10.3 Å². The van der Waals surface area contributed by atoms with E-state index in [-0.39, 0.29) is 51.5 Å². The number of sulfone groups is 1. The summed E-state index contributed by atoms with van der Waals surface area (Å²) in [6, 6.07) is 13.2. The summed E-state index contributed by atoms with van der Waals surface area (Å²) < 4.78 is 57.6. The molecule has 1 aromatic heterocycles. The highest BCUT2D eigenvalue weighted by atomic mass is 32.2. The topological polar surface area (TPSA) is 159 Å². The van der Waals surface area contributed by atoms with Crippen molar-refractivity contribution in [3.05, 3.63) is 77.7 Å². The van der Waals surface area contributed by atoms with Crippen LogP contribution in [0.3, 0.4) is 0 Å². The van der Waals surface area contributed by atoms with Gasteiger partial charge in [0.05, 0.1) is 24.9 Å². The van der Waals surface area contributed by atoms with Gasteiger partial charge >= 0.3 is 0 Å². The lowest BCUT2D eigenvalue weighted by molar-refractivity contribution is -0.128. The molecule has 0 aliphatic heterocycles. The minimum absolute atomic E-state index is 0.0140. The minimum Gasteiger partial charge on any atom is -0.493 e. The summed E-state index contributed by atoms with van der Waals surface area (Å²) in [4.78, 5) is 29.4. The average molecular weight is 611 g/mol. The number of nitrogens with two attached hydrogens (primary N) is 1. The number of halogens is 1. The van der Waals surface area contributed by atoms with Crippen LogP contribution in [0.5, 0.6) is 17.2 Å². The summed E-state index contributed by atoms with van der Waals surface area (Å²) in [5.74, 6) is -1.29. The van der Waals surface area contributed by atoms with Gasteiger partial charge in [-0.25, -0.2) is 17.8 Å². The molecule has 0 saturated heterocycles. The van der Waals surface area contributed by atoms with Crippen LogP contribution in [-0.4, -0.2) is 45.2 Å². The number of rotatable bonds is 11. The Bertz CT molecular complexity index is 1800. The van der Waals surface area contributed by atoms with Crippen molar-refractivity contribution in [1.29, 1.82) is 0 Å². The van der Waals surface area contributed by atoms with Crippen molar-refractivity contribution < 1.29 is 36.6 Å². The molecule has 2 amide bonds. The Morgan fingerprint density at radius 1 is 1.02 bits per heavy atom. The fourth-order valence-corrected chi connectivity index (χ4v) is 5.57. The molecule has 0 aliphatic rings. The van der Waals surface area contributed by atoms with Crippen molar-refractivity contribution in [3.8, 4) is 17.2 Å². The standard InChI is InChI=1S/C30H31FN4O7S/c1-5-43(38,39)27-9-6-20(35-17(2)36)12-19(27)16-34-30(37)28(23-14-25(40-3)26(41-4)15-24(23)31)42-21-7-8-22-18(13-21)10-11-33-29(22)32/h6-15,28H,5,16H2,1-4H3,(H2,32,33)(H,34,37)(H,35,36). The predicted octanol–water partition coefficient (Wildman–Crippen LogP) is 4.16. The number of pyridine rings is 1. The highest BCUT2D eigenvalue weighted by Gasteiger charge is 2.29. The number of hydrogen-bond acceptors (Lipinski definition) is 9. The number of nitrogens with one attached hydrogen (secondary N) is 2. The maximum atomic E-state index is 15.4. The monoisotopic (exact) mass is 610 g/mol. The molecular formula is C30H31FN4O7S. The van der Waals surface area contributed by atoms with E-state index in [0.717, 1.165) is 6.07 Å². The number of methoxy groups -OCH3 is 2. The lowest BCUT2D eigenvalue weighted by Crippen LogP contribution is -2.33. The normalized spacial score (nSPS) is 11.9. The van der Waals surface area contributed by atoms with Crippen molar-refractivity contribution in [2.75, 3.05) is 31.0 Å². The Morgan fingerprint density at radius 2 is 1.74 bits per heavy atom. The molecular weight excluding hydrogens is 579 g/mol. The Balaban J connectivity index is 1.74. The highest BCUT2D eigenvalue weighted by Crippen LogP contribution is 2.35. The van der Waals surface area contributed by atoms with Gasteiger partial charge in [-0.3, -0.25) is 9.59 Å². The van der Waals surface area contributed by atoms with Gasteiger partial charge in [0.25, 0.3) is 5.91 Å². The highest BCUT2D eigenvalue weighted by molar-refractivity contribution is 7.91. The number of amides is 2. The Morgan fingerprint density at radius 3 is 2.42 bits per heavy atom. The van der Waals surface area contributed by atoms with E-state index in [1.54, 1.807) is 24.3 Å². The fourth-order valence-electron chi connectivity index (χ4n) is 4.45. The van der Waals surface area contributed by atoms with Crippen LogP contribution in [0.4, 0.5) is 15.9 Å². The number of benzene rings is 3. The van der Waals surface area contributed by atoms with E-state index in [2.05, 4.69) is 15.6 Å². The third kappa shape index (κ3) is 6.95. The molecule has 0 bridgehead atoms. The molecule has 0 radical (unpaired) electrons. The largest absolute Gasteiger partial charge is 0.493 e. The SMILES string of the molecule is CCS(=O)(=O)c1ccc(NC(C)=O)cc1CNC(=O)C(Oc1ccc2c(N)nccc2c1)c1cc(OC)c(OC)cc1F. The molecule has 4 aromatic rings. The molecule has 0 aliphatic carbocycles. The van der Waals surface area contributed by atoms with E-state index in [4.69, 9.17) is 19.9 Å². The summed E-state index contributed by atoms with van der Waals surface area (Å²) in [6.45, 7) is 2.54. The maximum Gasteiger partial charge on any atom is 0.266 e. The number of ether oxygens (including phenoxy) is 3. The summed E-state index contributed by atoms with van der Waals surface area (Å²) in [7, 11) is -0.970. The number of aromatic nitrogens is 1. The van der Waals surface area contributed by atoms with E-state index in [1.165, 1.54) is 58.5 Å². The zero-order chi connectivity index (χ0) is 31.3. The number of anilines is 2. The van der Waals surface area contributed by atoms with Crippen molar-refractivity contribution in [2.24, 2.45) is 0 Å². The van der Waals surface area contributed by atoms with Crippen LogP contribution in [-0.2, 0) is 26.0 Å². The van der Waals surface area contributed by atoms with Crippen LogP contribution in [0.15, 0.2) is 65.7 Å². The van der Waals surface area contributed by atoms with Gasteiger partial charge in [-0.15, -0.1) is 0 Å². The maximum absolute atomic E-state index is 15.4. The lowest BCUT2D eigenvalue weighted by Gasteiger charge is -2.22. The number of hydrogen-bond donors (Lipinski definition) is 3. The van der Waals surface area contributed by atoms with Gasteiger partial charge in [-0.1, -0.05) is 6.92 Å². The third-order valence-electron chi connectivity index (χ3n) is 6.59. The number of carbonyl (C=O) groups is 2. The molecule has 1 atom stereocenters. The van der Waals surface area contributed by atoms with E-state index in [0.29, 0.717) is 22.3 Å². The third-order valence-corrected chi connectivity index (χ3v) is 8.42. The van der Waals surface area contributed by atoms with Crippen LogP contribution in [0.25, 0.3) is 10.8 Å².